The molecule has 140 valence electrons. The number of carbonyl (C=O) groups is 1. The fourth-order valence-electron chi connectivity index (χ4n) is 3.93. The molecule has 1 unspecified atom stereocenters. The summed E-state index contributed by atoms with van der Waals surface area (Å²) in [6.45, 7) is 10.2. The minimum absolute atomic E-state index is 0.0461. The predicted molar refractivity (Wildman–Crippen MR) is 105 cm³/mol. The summed E-state index contributed by atoms with van der Waals surface area (Å²) in [6.07, 6.45) is 2.44. The molecule has 0 radical (unpaired) electrons. The van der Waals surface area contributed by atoms with Gasteiger partial charge in [-0.1, -0.05) is 17.7 Å². The molecule has 1 amide bonds. The van der Waals surface area contributed by atoms with Crippen molar-refractivity contribution in [3.63, 3.8) is 0 Å². The SMILES string of the molecule is C=CCN(C(=O)Cc1c(C)[nH]c2c(C)cc(C)cc12)C1CCS(=O)(=O)C1. The number of sulfone groups is 1. The van der Waals surface area contributed by atoms with E-state index in [4.69, 9.17) is 0 Å². The number of carbonyl (C=O) groups excluding carboxylic acids is 1. The minimum atomic E-state index is -3.04. The van der Waals surface area contributed by atoms with Gasteiger partial charge >= 0.3 is 0 Å². The van der Waals surface area contributed by atoms with E-state index < -0.39 is 9.84 Å². The number of hydrogen-bond donors (Lipinski definition) is 1. The lowest BCUT2D eigenvalue weighted by Gasteiger charge is -2.27. The Morgan fingerprint density at radius 2 is 2.08 bits per heavy atom. The summed E-state index contributed by atoms with van der Waals surface area (Å²) < 4.78 is 23.6. The van der Waals surface area contributed by atoms with E-state index in [1.54, 1.807) is 11.0 Å². The number of rotatable bonds is 5. The Morgan fingerprint density at radius 3 is 2.69 bits per heavy atom. The van der Waals surface area contributed by atoms with Crippen LogP contribution >= 0.6 is 0 Å². The Balaban J connectivity index is 1.92. The molecule has 1 atom stereocenters. The summed E-state index contributed by atoms with van der Waals surface area (Å²) in [7, 11) is -3.04. The van der Waals surface area contributed by atoms with Crippen LogP contribution in [0.3, 0.4) is 0 Å². The van der Waals surface area contributed by atoms with Crippen molar-refractivity contribution in [2.45, 2.75) is 39.7 Å². The second kappa shape index (κ2) is 6.91. The van der Waals surface area contributed by atoms with Gasteiger partial charge in [0.15, 0.2) is 9.84 Å². The molecular formula is C20H26N2O3S. The maximum Gasteiger partial charge on any atom is 0.227 e. The van der Waals surface area contributed by atoms with Gasteiger partial charge in [-0.25, -0.2) is 8.42 Å². The van der Waals surface area contributed by atoms with Crippen molar-refractivity contribution in [1.82, 2.24) is 9.88 Å². The van der Waals surface area contributed by atoms with Gasteiger partial charge in [0.05, 0.1) is 17.9 Å². The number of nitrogens with one attached hydrogen (secondary N) is 1. The first-order valence-corrected chi connectivity index (χ1v) is 10.7. The molecular weight excluding hydrogens is 348 g/mol. The Morgan fingerprint density at radius 1 is 1.35 bits per heavy atom. The van der Waals surface area contributed by atoms with Crippen molar-refractivity contribution in [2.75, 3.05) is 18.1 Å². The van der Waals surface area contributed by atoms with Crippen LogP contribution in [0, 0.1) is 20.8 Å². The van der Waals surface area contributed by atoms with E-state index in [2.05, 4.69) is 30.6 Å². The van der Waals surface area contributed by atoms with Crippen molar-refractivity contribution in [3.05, 3.63) is 47.2 Å². The van der Waals surface area contributed by atoms with E-state index in [0.29, 0.717) is 13.0 Å². The highest BCUT2D eigenvalue weighted by atomic mass is 32.2. The number of H-pyrrole nitrogens is 1. The minimum Gasteiger partial charge on any atom is -0.358 e. The van der Waals surface area contributed by atoms with E-state index in [9.17, 15) is 13.2 Å². The molecule has 1 saturated heterocycles. The lowest BCUT2D eigenvalue weighted by atomic mass is 10.0. The molecule has 1 aromatic carbocycles. The van der Waals surface area contributed by atoms with E-state index in [1.165, 1.54) is 0 Å². The Labute approximate surface area is 155 Å². The molecule has 2 aromatic rings. The second-order valence-corrected chi connectivity index (χ2v) is 9.53. The quantitative estimate of drug-likeness (QED) is 0.818. The molecule has 1 aromatic heterocycles. The first-order valence-electron chi connectivity index (χ1n) is 8.91. The topological polar surface area (TPSA) is 70.2 Å². The van der Waals surface area contributed by atoms with Crippen molar-refractivity contribution in [3.8, 4) is 0 Å². The molecule has 2 heterocycles. The summed E-state index contributed by atoms with van der Waals surface area (Å²) in [4.78, 5) is 18.1. The summed E-state index contributed by atoms with van der Waals surface area (Å²) in [5, 5.41) is 1.07. The van der Waals surface area contributed by atoms with Crippen molar-refractivity contribution >= 4 is 26.6 Å². The fraction of sp³-hybridized carbons (Fsp3) is 0.450. The van der Waals surface area contributed by atoms with E-state index >= 15 is 0 Å². The highest BCUT2D eigenvalue weighted by molar-refractivity contribution is 7.91. The largest absolute Gasteiger partial charge is 0.358 e. The van der Waals surface area contributed by atoms with Crippen LogP contribution in [0.2, 0.25) is 0 Å². The second-order valence-electron chi connectivity index (χ2n) is 7.30. The van der Waals surface area contributed by atoms with Gasteiger partial charge in [-0.2, -0.15) is 0 Å². The van der Waals surface area contributed by atoms with Crippen LogP contribution in [0.25, 0.3) is 10.9 Å². The first-order chi connectivity index (χ1) is 12.2. The summed E-state index contributed by atoms with van der Waals surface area (Å²) in [5.41, 5.74) is 5.36. The predicted octanol–water partition coefficient (Wildman–Crippen LogP) is 2.84. The highest BCUT2D eigenvalue weighted by Gasteiger charge is 2.34. The molecule has 1 N–H and O–H groups in total. The van der Waals surface area contributed by atoms with Crippen LogP contribution in [0.1, 0.15) is 28.8 Å². The number of aromatic amines is 1. The van der Waals surface area contributed by atoms with Crippen LogP contribution in [0.4, 0.5) is 0 Å². The number of amides is 1. The van der Waals surface area contributed by atoms with Crippen LogP contribution in [-0.4, -0.2) is 48.3 Å². The van der Waals surface area contributed by atoms with E-state index in [1.807, 2.05) is 13.8 Å². The van der Waals surface area contributed by atoms with Gasteiger partial charge in [0, 0.05) is 29.2 Å². The molecule has 3 rings (SSSR count). The lowest BCUT2D eigenvalue weighted by molar-refractivity contribution is -0.131. The molecule has 26 heavy (non-hydrogen) atoms. The standard InChI is InChI=1S/C20H26N2O3S/c1-5-7-22(16-6-8-26(24,25)12-16)19(23)11-17-15(4)21-20-14(3)9-13(2)10-18(17)20/h5,9-10,16,21H,1,6-8,11-12H2,2-4H3. The van der Waals surface area contributed by atoms with Gasteiger partial charge in [-0.3, -0.25) is 4.79 Å². The number of nitrogens with zero attached hydrogens (tertiary/aromatic N) is 1. The molecule has 1 aliphatic heterocycles. The van der Waals surface area contributed by atoms with Crippen LogP contribution in [0.5, 0.6) is 0 Å². The number of fused-ring (bicyclic) bond motifs is 1. The van der Waals surface area contributed by atoms with Gasteiger partial charge < -0.3 is 9.88 Å². The Hall–Kier alpha value is -2.08. The average molecular weight is 375 g/mol. The fourth-order valence-corrected chi connectivity index (χ4v) is 5.66. The molecule has 0 aliphatic carbocycles. The summed E-state index contributed by atoms with van der Waals surface area (Å²) in [6, 6.07) is 3.98. The van der Waals surface area contributed by atoms with Gasteiger partial charge in [0.2, 0.25) is 5.91 Å². The maximum atomic E-state index is 13.0. The lowest BCUT2D eigenvalue weighted by Crippen LogP contribution is -2.42. The Kier molecular flexibility index (Phi) is 4.97. The third-order valence-corrected chi connectivity index (χ3v) is 6.94. The number of aromatic nitrogens is 1. The summed E-state index contributed by atoms with van der Waals surface area (Å²) in [5.74, 6) is 0.163. The molecule has 0 saturated carbocycles. The Bertz CT molecular complexity index is 973. The molecule has 5 nitrogen and oxygen atoms in total. The van der Waals surface area contributed by atoms with Crippen LogP contribution in [-0.2, 0) is 21.1 Å². The van der Waals surface area contributed by atoms with Crippen molar-refractivity contribution in [2.24, 2.45) is 0 Å². The highest BCUT2D eigenvalue weighted by Crippen LogP contribution is 2.28. The van der Waals surface area contributed by atoms with Crippen LogP contribution < -0.4 is 0 Å². The third-order valence-electron chi connectivity index (χ3n) is 5.19. The number of aryl methyl sites for hydroxylation is 3. The van der Waals surface area contributed by atoms with Gasteiger partial charge in [-0.15, -0.1) is 6.58 Å². The first kappa shape index (κ1) is 18.7. The summed E-state index contributed by atoms with van der Waals surface area (Å²) >= 11 is 0. The molecule has 1 aliphatic rings. The maximum absolute atomic E-state index is 13.0. The molecule has 0 bridgehead atoms. The molecule has 0 spiro atoms. The smallest absolute Gasteiger partial charge is 0.227 e. The van der Waals surface area contributed by atoms with Crippen molar-refractivity contribution < 1.29 is 13.2 Å². The average Bonchev–Trinajstić information content (AvgIpc) is 3.06. The zero-order valence-electron chi connectivity index (χ0n) is 15.6. The normalized spacial score (nSPS) is 19.0. The zero-order valence-corrected chi connectivity index (χ0v) is 16.4. The molecule has 6 heteroatoms. The van der Waals surface area contributed by atoms with Gasteiger partial charge in [0.1, 0.15) is 0 Å². The van der Waals surface area contributed by atoms with Gasteiger partial charge in [0.25, 0.3) is 0 Å². The van der Waals surface area contributed by atoms with E-state index in [-0.39, 0.29) is 29.9 Å². The van der Waals surface area contributed by atoms with Crippen LogP contribution in [0.15, 0.2) is 24.8 Å². The number of benzene rings is 1. The van der Waals surface area contributed by atoms with Crippen molar-refractivity contribution in [1.29, 1.82) is 0 Å². The zero-order chi connectivity index (χ0) is 19.1. The monoisotopic (exact) mass is 374 g/mol. The third kappa shape index (κ3) is 3.56. The van der Waals surface area contributed by atoms with Gasteiger partial charge in [-0.05, 0) is 44.4 Å². The number of hydrogen-bond acceptors (Lipinski definition) is 3. The van der Waals surface area contributed by atoms with E-state index in [0.717, 1.165) is 33.3 Å². The molecule has 1 fully saturated rings.